The van der Waals surface area contributed by atoms with Crippen LogP contribution in [0, 0.1) is 11.2 Å². The second kappa shape index (κ2) is 5.34. The van der Waals surface area contributed by atoms with Crippen LogP contribution in [0.5, 0.6) is 0 Å². The summed E-state index contributed by atoms with van der Waals surface area (Å²) in [5.74, 6) is -0.521. The molecule has 0 aliphatic rings. The lowest BCUT2D eigenvalue weighted by atomic mass is 9.83. The first-order valence-corrected chi connectivity index (χ1v) is 5.98. The van der Waals surface area contributed by atoms with Gasteiger partial charge < -0.3 is 10.8 Å². The van der Waals surface area contributed by atoms with Gasteiger partial charge in [0.05, 0.1) is 11.1 Å². The Kier molecular flexibility index (Phi) is 4.53. The Morgan fingerprint density at radius 3 is 2.47 bits per heavy atom. The maximum absolute atomic E-state index is 13.2. The van der Waals surface area contributed by atoms with Gasteiger partial charge in [0.25, 0.3) is 0 Å². The highest BCUT2D eigenvalue weighted by Crippen LogP contribution is 2.28. The summed E-state index contributed by atoms with van der Waals surface area (Å²) >= 11 is 5.58. The van der Waals surface area contributed by atoms with Gasteiger partial charge in [-0.25, -0.2) is 4.39 Å². The highest BCUT2D eigenvalue weighted by molar-refractivity contribution is 6.30. The minimum atomic E-state index is -0.768. The van der Waals surface area contributed by atoms with E-state index in [1.54, 1.807) is 6.07 Å². The van der Waals surface area contributed by atoms with Crippen molar-refractivity contribution in [1.29, 1.82) is 0 Å². The number of hydrogen-bond acceptors (Lipinski definition) is 2. The minimum Gasteiger partial charge on any atom is -0.388 e. The quantitative estimate of drug-likeness (QED) is 0.875. The van der Waals surface area contributed by atoms with Crippen molar-refractivity contribution >= 4 is 11.6 Å². The fraction of sp³-hybridized carbons (Fsp3) is 0.538. The standard InChI is InChI=1S/C13H19ClFNO/c1-13(2,3)12(16)7-11(17)8-4-5-9(14)10(15)6-8/h4-6,11-12,17H,7,16H2,1-3H3/t11-,12+/m1/s1. The molecule has 4 heteroatoms. The van der Waals surface area contributed by atoms with Crippen molar-refractivity contribution in [2.24, 2.45) is 11.1 Å². The van der Waals surface area contributed by atoms with Crippen molar-refractivity contribution in [1.82, 2.24) is 0 Å². The molecule has 0 aromatic heterocycles. The summed E-state index contributed by atoms with van der Waals surface area (Å²) in [6.07, 6.45) is -0.374. The second-order valence-corrected chi connectivity index (χ2v) is 5.80. The second-order valence-electron chi connectivity index (χ2n) is 5.40. The van der Waals surface area contributed by atoms with E-state index in [0.717, 1.165) is 0 Å². The Labute approximate surface area is 107 Å². The third-order valence-corrected chi connectivity index (χ3v) is 3.22. The maximum Gasteiger partial charge on any atom is 0.142 e. The van der Waals surface area contributed by atoms with Crippen LogP contribution in [-0.2, 0) is 0 Å². The molecule has 0 fully saturated rings. The number of rotatable bonds is 3. The van der Waals surface area contributed by atoms with Gasteiger partial charge in [-0.15, -0.1) is 0 Å². The Morgan fingerprint density at radius 1 is 1.41 bits per heavy atom. The average Bonchev–Trinajstić information content (AvgIpc) is 2.20. The van der Waals surface area contributed by atoms with Crippen LogP contribution in [-0.4, -0.2) is 11.1 Å². The molecule has 0 spiro atoms. The molecular formula is C13H19ClFNO. The number of aliphatic hydroxyl groups is 1. The largest absolute Gasteiger partial charge is 0.388 e. The zero-order chi connectivity index (χ0) is 13.2. The molecule has 0 heterocycles. The fourth-order valence-electron chi connectivity index (χ4n) is 1.45. The predicted octanol–water partition coefficient (Wildman–Crippen LogP) is 3.28. The van der Waals surface area contributed by atoms with Gasteiger partial charge in [0.1, 0.15) is 5.82 Å². The lowest BCUT2D eigenvalue weighted by molar-refractivity contribution is 0.133. The molecule has 0 aliphatic carbocycles. The van der Waals surface area contributed by atoms with E-state index in [9.17, 15) is 9.50 Å². The molecule has 96 valence electrons. The van der Waals surface area contributed by atoms with Gasteiger partial charge in [0.2, 0.25) is 0 Å². The Morgan fingerprint density at radius 2 is 2.00 bits per heavy atom. The summed E-state index contributed by atoms with van der Waals surface area (Å²) in [5.41, 5.74) is 6.39. The van der Waals surface area contributed by atoms with E-state index in [2.05, 4.69) is 0 Å². The fourth-order valence-corrected chi connectivity index (χ4v) is 1.57. The van der Waals surface area contributed by atoms with E-state index in [1.807, 2.05) is 20.8 Å². The number of hydrogen-bond donors (Lipinski definition) is 2. The summed E-state index contributed by atoms with van der Waals surface area (Å²) in [7, 11) is 0. The molecule has 2 atom stereocenters. The van der Waals surface area contributed by atoms with Gasteiger partial charge in [-0.05, 0) is 29.5 Å². The molecule has 1 aromatic carbocycles. The van der Waals surface area contributed by atoms with Crippen LogP contribution in [0.15, 0.2) is 18.2 Å². The molecule has 1 rings (SSSR count). The van der Waals surface area contributed by atoms with E-state index >= 15 is 0 Å². The van der Waals surface area contributed by atoms with Crippen LogP contribution in [0.25, 0.3) is 0 Å². The van der Waals surface area contributed by atoms with Gasteiger partial charge in [-0.3, -0.25) is 0 Å². The van der Waals surface area contributed by atoms with Crippen LogP contribution < -0.4 is 5.73 Å². The van der Waals surface area contributed by atoms with E-state index < -0.39 is 11.9 Å². The van der Waals surface area contributed by atoms with Crippen LogP contribution in [0.3, 0.4) is 0 Å². The van der Waals surface area contributed by atoms with Crippen LogP contribution in [0.2, 0.25) is 5.02 Å². The molecule has 0 bridgehead atoms. The number of halogens is 2. The summed E-state index contributed by atoms with van der Waals surface area (Å²) in [6, 6.07) is 4.16. The van der Waals surface area contributed by atoms with Gasteiger partial charge in [-0.2, -0.15) is 0 Å². The third-order valence-electron chi connectivity index (χ3n) is 2.92. The summed E-state index contributed by atoms with van der Waals surface area (Å²) in [5, 5.41) is 10.0. The van der Waals surface area contributed by atoms with Crippen molar-refractivity contribution in [2.45, 2.75) is 39.3 Å². The molecule has 0 amide bonds. The van der Waals surface area contributed by atoms with E-state index in [0.29, 0.717) is 12.0 Å². The Hall–Kier alpha value is -0.640. The topological polar surface area (TPSA) is 46.2 Å². The van der Waals surface area contributed by atoms with Crippen molar-refractivity contribution < 1.29 is 9.50 Å². The number of aliphatic hydroxyl groups excluding tert-OH is 1. The van der Waals surface area contributed by atoms with Gasteiger partial charge >= 0.3 is 0 Å². The highest BCUT2D eigenvalue weighted by atomic mass is 35.5. The van der Waals surface area contributed by atoms with Crippen LogP contribution >= 0.6 is 11.6 Å². The van der Waals surface area contributed by atoms with Crippen molar-refractivity contribution in [2.75, 3.05) is 0 Å². The van der Waals surface area contributed by atoms with Gasteiger partial charge in [0.15, 0.2) is 0 Å². The van der Waals surface area contributed by atoms with Gasteiger partial charge in [-0.1, -0.05) is 38.4 Å². The molecule has 0 saturated carbocycles. The molecule has 3 N–H and O–H groups in total. The van der Waals surface area contributed by atoms with E-state index in [1.165, 1.54) is 12.1 Å². The lowest BCUT2D eigenvalue weighted by Gasteiger charge is -2.29. The smallest absolute Gasteiger partial charge is 0.142 e. The maximum atomic E-state index is 13.2. The Bertz CT molecular complexity index is 389. The SMILES string of the molecule is CC(C)(C)[C@@H](N)C[C@@H](O)c1ccc(Cl)c(F)c1. The zero-order valence-electron chi connectivity index (χ0n) is 10.4. The molecule has 1 aromatic rings. The van der Waals surface area contributed by atoms with Crippen molar-refractivity contribution in [3.63, 3.8) is 0 Å². The van der Waals surface area contributed by atoms with E-state index in [4.69, 9.17) is 17.3 Å². The van der Waals surface area contributed by atoms with Crippen LogP contribution in [0.4, 0.5) is 4.39 Å². The van der Waals surface area contributed by atoms with Crippen molar-refractivity contribution in [3.8, 4) is 0 Å². The van der Waals surface area contributed by atoms with E-state index in [-0.39, 0.29) is 16.5 Å². The molecule has 0 saturated heterocycles. The Balaban J connectivity index is 2.76. The summed E-state index contributed by atoms with van der Waals surface area (Å²) in [6.45, 7) is 6.02. The summed E-state index contributed by atoms with van der Waals surface area (Å²) < 4.78 is 13.2. The first-order chi connectivity index (χ1) is 7.71. The molecule has 2 nitrogen and oxygen atoms in total. The molecular weight excluding hydrogens is 241 g/mol. The monoisotopic (exact) mass is 259 g/mol. The first-order valence-electron chi connectivity index (χ1n) is 5.60. The minimum absolute atomic E-state index is 0.0565. The molecule has 17 heavy (non-hydrogen) atoms. The predicted molar refractivity (Wildman–Crippen MR) is 68.4 cm³/mol. The van der Waals surface area contributed by atoms with Crippen LogP contribution in [0.1, 0.15) is 38.9 Å². The molecule has 0 unspecified atom stereocenters. The lowest BCUT2D eigenvalue weighted by Crippen LogP contribution is -2.36. The third kappa shape index (κ3) is 3.95. The first kappa shape index (κ1) is 14.4. The van der Waals surface area contributed by atoms with Gasteiger partial charge in [0, 0.05) is 6.04 Å². The average molecular weight is 260 g/mol. The highest BCUT2D eigenvalue weighted by Gasteiger charge is 2.24. The normalized spacial score (nSPS) is 15.7. The summed E-state index contributed by atoms with van der Waals surface area (Å²) in [4.78, 5) is 0. The number of nitrogens with two attached hydrogens (primary N) is 1. The number of benzene rings is 1. The molecule has 0 aliphatic heterocycles. The van der Waals surface area contributed by atoms with Crippen molar-refractivity contribution in [3.05, 3.63) is 34.6 Å². The zero-order valence-corrected chi connectivity index (χ0v) is 11.1. The molecule has 0 radical (unpaired) electrons.